The van der Waals surface area contributed by atoms with Gasteiger partial charge in [-0.05, 0) is 6.07 Å². The lowest BCUT2D eigenvalue weighted by molar-refractivity contribution is 0.0695. The topological polar surface area (TPSA) is 119 Å². The molecular formula is C17H12FN7O3S. The van der Waals surface area contributed by atoms with Crippen LogP contribution in [0.2, 0.25) is 0 Å². The number of rotatable bonds is 4. The van der Waals surface area contributed by atoms with Crippen LogP contribution in [0.15, 0.2) is 41.0 Å². The number of pyridine rings is 2. The van der Waals surface area contributed by atoms with E-state index in [0.717, 1.165) is 6.07 Å². The highest BCUT2D eigenvalue weighted by Crippen LogP contribution is 2.30. The number of fused-ring (bicyclic) bond motifs is 1. The van der Waals surface area contributed by atoms with Crippen LogP contribution < -0.4 is 10.3 Å². The molecule has 0 unspecified atom stereocenters. The summed E-state index contributed by atoms with van der Waals surface area (Å²) < 4.78 is 17.9. The van der Waals surface area contributed by atoms with E-state index in [4.69, 9.17) is 0 Å². The maximum absolute atomic E-state index is 14.8. The lowest BCUT2D eigenvalue weighted by Gasteiger charge is -2.39. The normalized spacial score (nSPS) is 14.3. The molecule has 5 heterocycles. The first-order valence-electron chi connectivity index (χ1n) is 8.52. The largest absolute Gasteiger partial charge is 0.477 e. The molecule has 10 nitrogen and oxygen atoms in total. The van der Waals surface area contributed by atoms with E-state index in [1.54, 1.807) is 33.6 Å². The average molecular weight is 413 g/mol. The van der Waals surface area contributed by atoms with Crippen LogP contribution in [0.1, 0.15) is 16.4 Å². The number of hydrogen-bond donors (Lipinski definition) is 1. The molecule has 4 aromatic heterocycles. The Morgan fingerprint density at radius 1 is 1.31 bits per heavy atom. The summed E-state index contributed by atoms with van der Waals surface area (Å²) in [5.74, 6) is -2.01. The molecule has 1 fully saturated rings. The number of aromatic nitrogens is 6. The molecule has 4 aromatic rings. The lowest BCUT2D eigenvalue weighted by Crippen LogP contribution is -2.48. The molecule has 146 valence electrons. The van der Waals surface area contributed by atoms with Crippen molar-refractivity contribution < 1.29 is 14.3 Å². The fraction of sp³-hybridized carbons (Fsp3) is 0.176. The minimum atomic E-state index is -1.40. The monoisotopic (exact) mass is 413 g/mol. The van der Waals surface area contributed by atoms with Crippen molar-refractivity contribution in [3.05, 3.63) is 57.8 Å². The summed E-state index contributed by atoms with van der Waals surface area (Å²) in [5, 5.41) is 19.1. The zero-order valence-electron chi connectivity index (χ0n) is 14.6. The van der Waals surface area contributed by atoms with Crippen molar-refractivity contribution in [2.75, 3.05) is 18.0 Å². The van der Waals surface area contributed by atoms with Gasteiger partial charge < -0.3 is 10.0 Å². The van der Waals surface area contributed by atoms with Crippen LogP contribution in [0.4, 0.5) is 10.2 Å². The van der Waals surface area contributed by atoms with Crippen LogP contribution in [0.3, 0.4) is 0 Å². The molecule has 0 atom stereocenters. The van der Waals surface area contributed by atoms with E-state index in [0.29, 0.717) is 18.2 Å². The second-order valence-corrected chi connectivity index (χ2v) is 7.34. The molecule has 1 saturated heterocycles. The fourth-order valence-electron chi connectivity index (χ4n) is 3.28. The number of anilines is 1. The Balaban J connectivity index is 1.64. The summed E-state index contributed by atoms with van der Waals surface area (Å²) in [6, 6.07) is 1.09. The van der Waals surface area contributed by atoms with Gasteiger partial charge in [-0.1, -0.05) is 5.21 Å². The van der Waals surface area contributed by atoms with Gasteiger partial charge in [0, 0.05) is 37.1 Å². The van der Waals surface area contributed by atoms with Gasteiger partial charge in [-0.15, -0.1) is 16.4 Å². The Morgan fingerprint density at radius 3 is 2.79 bits per heavy atom. The van der Waals surface area contributed by atoms with Gasteiger partial charge in [0.1, 0.15) is 5.56 Å². The molecule has 0 amide bonds. The van der Waals surface area contributed by atoms with Gasteiger partial charge in [0.25, 0.3) is 0 Å². The minimum absolute atomic E-state index is 0.0462. The molecule has 0 spiro atoms. The van der Waals surface area contributed by atoms with E-state index in [2.05, 4.69) is 20.3 Å². The van der Waals surface area contributed by atoms with Crippen molar-refractivity contribution in [1.29, 1.82) is 0 Å². The molecule has 29 heavy (non-hydrogen) atoms. The molecule has 1 aliphatic rings. The third-order valence-electron chi connectivity index (χ3n) is 4.75. The maximum atomic E-state index is 14.8. The molecule has 0 aliphatic carbocycles. The SMILES string of the molecule is O=C(O)c1cn(-c2nccs2)c2nc(N3CC(n4ccnn4)C3)c(F)cc2c1=O. The van der Waals surface area contributed by atoms with Gasteiger partial charge >= 0.3 is 5.97 Å². The third kappa shape index (κ3) is 2.76. The second-order valence-electron chi connectivity index (χ2n) is 6.47. The predicted molar refractivity (Wildman–Crippen MR) is 101 cm³/mol. The molecule has 1 aliphatic heterocycles. The summed E-state index contributed by atoms with van der Waals surface area (Å²) in [4.78, 5) is 34.3. The Hall–Kier alpha value is -3.67. The lowest BCUT2D eigenvalue weighted by atomic mass is 10.1. The number of aromatic carboxylic acids is 1. The summed E-state index contributed by atoms with van der Waals surface area (Å²) in [7, 11) is 0. The highest BCUT2D eigenvalue weighted by Gasteiger charge is 2.32. The Labute approximate surface area is 165 Å². The van der Waals surface area contributed by atoms with Gasteiger partial charge in [0.05, 0.1) is 17.6 Å². The minimum Gasteiger partial charge on any atom is -0.477 e. The first-order chi connectivity index (χ1) is 14.0. The Kier molecular flexibility index (Phi) is 3.87. The van der Waals surface area contributed by atoms with Crippen molar-refractivity contribution in [2.45, 2.75) is 6.04 Å². The van der Waals surface area contributed by atoms with Gasteiger partial charge in [0.15, 0.2) is 22.4 Å². The van der Waals surface area contributed by atoms with E-state index in [-0.39, 0.29) is 22.9 Å². The van der Waals surface area contributed by atoms with Crippen LogP contribution >= 0.6 is 11.3 Å². The summed E-state index contributed by atoms with van der Waals surface area (Å²) in [6.45, 7) is 0.959. The van der Waals surface area contributed by atoms with Gasteiger partial charge in [-0.3, -0.25) is 9.36 Å². The van der Waals surface area contributed by atoms with E-state index in [1.165, 1.54) is 22.1 Å². The van der Waals surface area contributed by atoms with Crippen LogP contribution in [0.25, 0.3) is 16.2 Å². The first kappa shape index (κ1) is 17.4. The maximum Gasteiger partial charge on any atom is 0.341 e. The highest BCUT2D eigenvalue weighted by atomic mass is 32.1. The number of carboxylic acids is 1. The predicted octanol–water partition coefficient (Wildman–Crippen LogP) is 1.33. The number of halogens is 1. The summed E-state index contributed by atoms with van der Waals surface area (Å²) in [6.07, 6.45) is 6.03. The average Bonchev–Trinajstić information content (AvgIpc) is 3.35. The van der Waals surface area contributed by atoms with Crippen molar-refractivity contribution in [3.8, 4) is 5.13 Å². The third-order valence-corrected chi connectivity index (χ3v) is 5.52. The standard InChI is InChI=1S/C17H12FN7O3S/c18-12-5-10-13(26)11(16(27)28)8-24(17-19-2-4-29-17)14(10)21-15(12)23-6-9(7-23)25-3-1-20-22-25/h1-5,8-9H,6-7H2,(H,27,28). The van der Waals surface area contributed by atoms with Crippen LogP contribution in [-0.2, 0) is 0 Å². The number of hydrogen-bond acceptors (Lipinski definition) is 8. The fourth-order valence-corrected chi connectivity index (χ4v) is 3.89. The van der Waals surface area contributed by atoms with E-state index < -0.39 is 22.8 Å². The smallest absolute Gasteiger partial charge is 0.341 e. The molecule has 0 bridgehead atoms. The number of carboxylic acid groups (broad SMARTS) is 1. The van der Waals surface area contributed by atoms with Crippen molar-refractivity contribution in [3.63, 3.8) is 0 Å². The second kappa shape index (κ2) is 6.44. The van der Waals surface area contributed by atoms with Crippen molar-refractivity contribution in [2.24, 2.45) is 0 Å². The molecule has 1 N–H and O–H groups in total. The van der Waals surface area contributed by atoms with Gasteiger partial charge in [-0.2, -0.15) is 0 Å². The van der Waals surface area contributed by atoms with Crippen molar-refractivity contribution in [1.82, 2.24) is 29.5 Å². The molecule has 0 aromatic carbocycles. The number of carbonyl (C=O) groups is 1. The van der Waals surface area contributed by atoms with Crippen LogP contribution in [0, 0.1) is 5.82 Å². The van der Waals surface area contributed by atoms with Gasteiger partial charge in [-0.25, -0.2) is 23.8 Å². The summed E-state index contributed by atoms with van der Waals surface area (Å²) in [5.41, 5.74) is -1.12. The quantitative estimate of drug-likeness (QED) is 0.532. The van der Waals surface area contributed by atoms with Crippen molar-refractivity contribution >= 4 is 34.2 Å². The molecule has 12 heteroatoms. The molecule has 5 rings (SSSR count). The molecule has 0 saturated carbocycles. The van der Waals surface area contributed by atoms with Gasteiger partial charge in [0.2, 0.25) is 5.43 Å². The van der Waals surface area contributed by atoms with Crippen LogP contribution in [-0.4, -0.2) is 53.7 Å². The Morgan fingerprint density at radius 2 is 2.14 bits per heavy atom. The Bertz CT molecular complexity index is 1280. The number of thiazole rings is 1. The van der Waals surface area contributed by atoms with Crippen LogP contribution in [0.5, 0.6) is 0 Å². The van der Waals surface area contributed by atoms with E-state index >= 15 is 0 Å². The molecular weight excluding hydrogens is 401 g/mol. The number of nitrogens with zero attached hydrogens (tertiary/aromatic N) is 7. The zero-order valence-corrected chi connectivity index (χ0v) is 15.5. The highest BCUT2D eigenvalue weighted by molar-refractivity contribution is 7.12. The van der Waals surface area contributed by atoms with E-state index in [9.17, 15) is 19.1 Å². The summed E-state index contributed by atoms with van der Waals surface area (Å²) >= 11 is 1.24. The zero-order chi connectivity index (χ0) is 20.1. The first-order valence-corrected chi connectivity index (χ1v) is 9.40. The molecule has 0 radical (unpaired) electrons. The van der Waals surface area contributed by atoms with E-state index in [1.807, 2.05) is 0 Å².